The first kappa shape index (κ1) is 9.14. The first-order chi connectivity index (χ1) is 5.34. The Balaban J connectivity index is 2.23. The fourth-order valence-electron chi connectivity index (χ4n) is 1.46. The fraction of sp³-hybridized carbons (Fsp3) is 0.778. The molecule has 0 spiro atoms. The van der Waals surface area contributed by atoms with Gasteiger partial charge in [-0.05, 0) is 12.8 Å². The van der Waals surface area contributed by atoms with Gasteiger partial charge in [0.2, 0.25) is 0 Å². The highest BCUT2D eigenvalue weighted by molar-refractivity contribution is 8.00. The van der Waals surface area contributed by atoms with Crippen molar-refractivity contribution in [1.82, 2.24) is 0 Å². The molecular formula is C9H16OS. The van der Waals surface area contributed by atoms with Gasteiger partial charge in [-0.2, -0.15) is 11.8 Å². The monoisotopic (exact) mass is 172 g/mol. The van der Waals surface area contributed by atoms with Gasteiger partial charge >= 0.3 is 0 Å². The van der Waals surface area contributed by atoms with Gasteiger partial charge in [0, 0.05) is 11.0 Å². The maximum absolute atomic E-state index is 9.54. The van der Waals surface area contributed by atoms with Crippen LogP contribution in [0.15, 0.2) is 12.7 Å². The molecule has 0 aliphatic heterocycles. The maximum Gasteiger partial charge on any atom is 0.0658 e. The number of hydrogen-bond donors (Lipinski definition) is 1. The normalized spacial score (nSPS) is 31.7. The van der Waals surface area contributed by atoms with Crippen molar-refractivity contribution in [1.29, 1.82) is 0 Å². The zero-order valence-corrected chi connectivity index (χ0v) is 7.65. The van der Waals surface area contributed by atoms with Crippen molar-refractivity contribution in [3.8, 4) is 0 Å². The fourth-order valence-corrected chi connectivity index (χ4v) is 2.54. The van der Waals surface area contributed by atoms with Crippen molar-refractivity contribution in [3.63, 3.8) is 0 Å². The van der Waals surface area contributed by atoms with Crippen LogP contribution in [0.4, 0.5) is 0 Å². The summed E-state index contributed by atoms with van der Waals surface area (Å²) in [6.45, 7) is 3.67. The lowest BCUT2D eigenvalue weighted by Crippen LogP contribution is -2.26. The van der Waals surface area contributed by atoms with E-state index in [1.165, 1.54) is 19.3 Å². The standard InChI is InChI=1S/C9H16OS/c1-2-7-11-9-6-4-3-5-8(9)10/h2,8-10H,1,3-7H2/t8-,9-/m1/s1. The molecule has 0 radical (unpaired) electrons. The van der Waals surface area contributed by atoms with Gasteiger partial charge in [0.25, 0.3) is 0 Å². The molecule has 0 saturated heterocycles. The van der Waals surface area contributed by atoms with Crippen LogP contribution in [0.1, 0.15) is 25.7 Å². The van der Waals surface area contributed by atoms with Crippen molar-refractivity contribution in [2.24, 2.45) is 0 Å². The van der Waals surface area contributed by atoms with Gasteiger partial charge in [0.1, 0.15) is 0 Å². The summed E-state index contributed by atoms with van der Waals surface area (Å²) in [6.07, 6.45) is 6.51. The van der Waals surface area contributed by atoms with Crippen molar-refractivity contribution < 1.29 is 5.11 Å². The predicted molar refractivity (Wildman–Crippen MR) is 50.9 cm³/mol. The lowest BCUT2D eigenvalue weighted by molar-refractivity contribution is 0.137. The number of aliphatic hydroxyl groups is 1. The molecule has 0 unspecified atom stereocenters. The highest BCUT2D eigenvalue weighted by Gasteiger charge is 2.22. The van der Waals surface area contributed by atoms with Crippen LogP contribution in [0, 0.1) is 0 Å². The summed E-state index contributed by atoms with van der Waals surface area (Å²) in [6, 6.07) is 0. The van der Waals surface area contributed by atoms with Crippen molar-refractivity contribution in [3.05, 3.63) is 12.7 Å². The second-order valence-corrected chi connectivity index (χ2v) is 4.28. The summed E-state index contributed by atoms with van der Waals surface area (Å²) in [5, 5.41) is 10.0. The van der Waals surface area contributed by atoms with E-state index in [-0.39, 0.29) is 6.10 Å². The zero-order valence-electron chi connectivity index (χ0n) is 6.83. The molecule has 2 heteroatoms. The van der Waals surface area contributed by atoms with Gasteiger partial charge in [0.15, 0.2) is 0 Å². The minimum atomic E-state index is -0.0614. The minimum absolute atomic E-state index is 0.0614. The van der Waals surface area contributed by atoms with E-state index < -0.39 is 0 Å². The molecule has 2 atom stereocenters. The third kappa shape index (κ3) is 2.88. The third-order valence-corrected chi connectivity index (χ3v) is 3.50. The first-order valence-corrected chi connectivity index (χ1v) is 5.30. The van der Waals surface area contributed by atoms with Gasteiger partial charge in [-0.25, -0.2) is 0 Å². The molecule has 64 valence electrons. The molecule has 1 aliphatic carbocycles. The maximum atomic E-state index is 9.54. The van der Waals surface area contributed by atoms with E-state index in [9.17, 15) is 5.11 Å². The quantitative estimate of drug-likeness (QED) is 0.659. The summed E-state index contributed by atoms with van der Waals surface area (Å²) in [7, 11) is 0. The van der Waals surface area contributed by atoms with Gasteiger partial charge in [0.05, 0.1) is 6.10 Å². The van der Waals surface area contributed by atoms with Crippen LogP contribution in [0.25, 0.3) is 0 Å². The summed E-state index contributed by atoms with van der Waals surface area (Å²) < 4.78 is 0. The van der Waals surface area contributed by atoms with E-state index in [0.29, 0.717) is 5.25 Å². The van der Waals surface area contributed by atoms with Crippen LogP contribution >= 0.6 is 11.8 Å². The summed E-state index contributed by atoms with van der Waals surface area (Å²) in [4.78, 5) is 0. The smallest absolute Gasteiger partial charge is 0.0658 e. The Bertz CT molecular complexity index is 125. The Morgan fingerprint density at radius 2 is 2.18 bits per heavy atom. The minimum Gasteiger partial charge on any atom is -0.392 e. The molecule has 1 N–H and O–H groups in total. The van der Waals surface area contributed by atoms with Crippen LogP contribution in [-0.4, -0.2) is 22.2 Å². The lowest BCUT2D eigenvalue weighted by Gasteiger charge is -2.26. The molecule has 0 amide bonds. The molecule has 1 fully saturated rings. The van der Waals surface area contributed by atoms with Crippen LogP contribution < -0.4 is 0 Å². The second kappa shape index (κ2) is 4.83. The van der Waals surface area contributed by atoms with Gasteiger partial charge < -0.3 is 5.11 Å². The number of aliphatic hydroxyl groups excluding tert-OH is 1. The van der Waals surface area contributed by atoms with Gasteiger partial charge in [-0.1, -0.05) is 18.9 Å². The molecule has 1 saturated carbocycles. The van der Waals surface area contributed by atoms with E-state index in [2.05, 4.69) is 6.58 Å². The highest BCUT2D eigenvalue weighted by atomic mass is 32.2. The van der Waals surface area contributed by atoms with E-state index in [1.807, 2.05) is 17.8 Å². The topological polar surface area (TPSA) is 20.2 Å². The van der Waals surface area contributed by atoms with E-state index in [0.717, 1.165) is 12.2 Å². The number of rotatable bonds is 3. The zero-order chi connectivity index (χ0) is 8.10. The Labute approximate surface area is 72.9 Å². The van der Waals surface area contributed by atoms with Crippen molar-refractivity contribution >= 4 is 11.8 Å². The molecule has 0 aromatic carbocycles. The van der Waals surface area contributed by atoms with E-state index >= 15 is 0 Å². The average Bonchev–Trinajstić information content (AvgIpc) is 2.03. The Hall–Kier alpha value is 0.0500. The molecule has 1 nitrogen and oxygen atoms in total. The summed E-state index contributed by atoms with van der Waals surface area (Å²) in [5.41, 5.74) is 0. The lowest BCUT2D eigenvalue weighted by atomic mass is 9.97. The van der Waals surface area contributed by atoms with Crippen LogP contribution in [0.2, 0.25) is 0 Å². The molecule has 0 bridgehead atoms. The molecule has 0 aromatic heterocycles. The number of hydrogen-bond acceptors (Lipinski definition) is 2. The largest absolute Gasteiger partial charge is 0.392 e. The highest BCUT2D eigenvalue weighted by Crippen LogP contribution is 2.28. The summed E-state index contributed by atoms with van der Waals surface area (Å²) >= 11 is 1.84. The predicted octanol–water partition coefficient (Wildman–Crippen LogP) is 2.21. The molecular weight excluding hydrogens is 156 g/mol. The van der Waals surface area contributed by atoms with Gasteiger partial charge in [-0.3, -0.25) is 0 Å². The van der Waals surface area contributed by atoms with Crippen LogP contribution in [0.3, 0.4) is 0 Å². The number of thioether (sulfide) groups is 1. The molecule has 1 aliphatic rings. The SMILES string of the molecule is C=CCS[C@@H]1CCCC[C@H]1O. The van der Waals surface area contributed by atoms with Gasteiger partial charge in [-0.15, -0.1) is 6.58 Å². The Kier molecular flexibility index (Phi) is 4.02. The Morgan fingerprint density at radius 1 is 1.45 bits per heavy atom. The summed E-state index contributed by atoms with van der Waals surface area (Å²) in [5.74, 6) is 0.974. The molecule has 0 heterocycles. The average molecular weight is 172 g/mol. The Morgan fingerprint density at radius 3 is 2.82 bits per heavy atom. The molecule has 0 aromatic rings. The van der Waals surface area contributed by atoms with E-state index in [1.54, 1.807) is 0 Å². The molecule has 1 rings (SSSR count). The van der Waals surface area contributed by atoms with Crippen LogP contribution in [0.5, 0.6) is 0 Å². The van der Waals surface area contributed by atoms with E-state index in [4.69, 9.17) is 0 Å². The molecule has 11 heavy (non-hydrogen) atoms. The van der Waals surface area contributed by atoms with Crippen molar-refractivity contribution in [2.75, 3.05) is 5.75 Å². The van der Waals surface area contributed by atoms with Crippen molar-refractivity contribution in [2.45, 2.75) is 37.0 Å². The third-order valence-electron chi connectivity index (χ3n) is 2.10. The van der Waals surface area contributed by atoms with Crippen LogP contribution in [-0.2, 0) is 0 Å². The second-order valence-electron chi connectivity index (χ2n) is 3.01. The first-order valence-electron chi connectivity index (χ1n) is 4.25.